The fourth-order valence-electron chi connectivity index (χ4n) is 3.48. The Kier molecular flexibility index (Phi) is 5.68. The maximum Gasteiger partial charge on any atom is 0.292 e. The van der Waals surface area contributed by atoms with Gasteiger partial charge < -0.3 is 9.88 Å². The van der Waals surface area contributed by atoms with Crippen molar-refractivity contribution in [3.8, 4) is 0 Å². The van der Waals surface area contributed by atoms with Crippen LogP contribution < -0.4 is 10.8 Å². The van der Waals surface area contributed by atoms with E-state index in [0.717, 1.165) is 36.7 Å². The molecule has 7 nitrogen and oxygen atoms in total. The second-order valence-electron chi connectivity index (χ2n) is 6.58. The van der Waals surface area contributed by atoms with E-state index in [1.807, 2.05) is 12.1 Å². The van der Waals surface area contributed by atoms with E-state index < -0.39 is 17.6 Å². The van der Waals surface area contributed by atoms with Crippen LogP contribution in [0.15, 0.2) is 24.4 Å². The molecule has 0 aliphatic carbocycles. The Morgan fingerprint density at radius 3 is 2.81 bits per heavy atom. The fraction of sp³-hybridized carbons (Fsp3) is 0.421. The standard InChI is InChI=1S/C19H23N3O4/c23-16(21-26)9-2-1-3-10-20-19(25)18(24)15-12-22-11-5-7-13-6-4-8-14(15)17(13)22/h4,6,8,12,26H,1-3,5,7,9-11H2,(H,20,25)(H,21,23). The lowest BCUT2D eigenvalue weighted by Crippen LogP contribution is -2.31. The minimum absolute atomic E-state index is 0.241. The molecule has 0 fully saturated rings. The SMILES string of the molecule is O=C(CCCCCNC(=O)C(=O)c1cn2c3c(cccc13)CCC2)NO. The third-order valence-electron chi connectivity index (χ3n) is 4.77. The van der Waals surface area contributed by atoms with Gasteiger partial charge in [0, 0.05) is 31.1 Å². The zero-order valence-corrected chi connectivity index (χ0v) is 14.6. The normalized spacial score (nSPS) is 12.8. The van der Waals surface area contributed by atoms with E-state index in [1.54, 1.807) is 11.7 Å². The first kappa shape index (κ1) is 18.1. The number of hydrogen-bond donors (Lipinski definition) is 3. The second-order valence-corrected chi connectivity index (χ2v) is 6.58. The maximum atomic E-state index is 12.6. The van der Waals surface area contributed by atoms with Crippen molar-refractivity contribution in [2.45, 2.75) is 45.1 Å². The van der Waals surface area contributed by atoms with Crippen molar-refractivity contribution in [1.29, 1.82) is 0 Å². The van der Waals surface area contributed by atoms with Gasteiger partial charge in [-0.05, 0) is 31.2 Å². The summed E-state index contributed by atoms with van der Waals surface area (Å²) >= 11 is 0. The van der Waals surface area contributed by atoms with Crippen LogP contribution in [0.1, 0.15) is 48.0 Å². The molecule has 1 aliphatic rings. The molecule has 26 heavy (non-hydrogen) atoms. The van der Waals surface area contributed by atoms with Crippen molar-refractivity contribution < 1.29 is 19.6 Å². The molecule has 0 bridgehead atoms. The smallest absolute Gasteiger partial charge is 0.292 e. The summed E-state index contributed by atoms with van der Waals surface area (Å²) in [6, 6.07) is 5.90. The van der Waals surface area contributed by atoms with E-state index in [-0.39, 0.29) is 6.42 Å². The number of aryl methyl sites for hydroxylation is 2. The minimum atomic E-state index is -0.596. The van der Waals surface area contributed by atoms with Gasteiger partial charge >= 0.3 is 0 Å². The molecule has 1 aromatic heterocycles. The van der Waals surface area contributed by atoms with Crippen LogP contribution in [-0.2, 0) is 22.6 Å². The Labute approximate surface area is 151 Å². The Hall–Kier alpha value is -2.67. The van der Waals surface area contributed by atoms with Crippen LogP contribution in [0.5, 0.6) is 0 Å². The molecule has 0 saturated heterocycles. The van der Waals surface area contributed by atoms with Crippen molar-refractivity contribution in [3.05, 3.63) is 35.5 Å². The van der Waals surface area contributed by atoms with Crippen molar-refractivity contribution in [2.75, 3.05) is 6.54 Å². The molecule has 0 unspecified atom stereocenters. The number of hydroxylamine groups is 1. The quantitative estimate of drug-likeness (QED) is 0.221. The number of hydrogen-bond acceptors (Lipinski definition) is 4. The van der Waals surface area contributed by atoms with E-state index in [0.29, 0.717) is 24.9 Å². The van der Waals surface area contributed by atoms with Gasteiger partial charge in [0.15, 0.2) is 0 Å². The molecule has 0 saturated carbocycles. The summed E-state index contributed by atoms with van der Waals surface area (Å²) in [4.78, 5) is 35.7. The first-order valence-electron chi connectivity index (χ1n) is 8.98. The van der Waals surface area contributed by atoms with Gasteiger partial charge in [0.25, 0.3) is 11.7 Å². The first-order valence-corrected chi connectivity index (χ1v) is 8.98. The first-order chi connectivity index (χ1) is 12.6. The van der Waals surface area contributed by atoms with Gasteiger partial charge in [0.05, 0.1) is 11.1 Å². The second kappa shape index (κ2) is 8.14. The number of rotatable bonds is 8. The van der Waals surface area contributed by atoms with Crippen LogP contribution >= 0.6 is 0 Å². The van der Waals surface area contributed by atoms with Crippen LogP contribution in [0.25, 0.3) is 10.9 Å². The van der Waals surface area contributed by atoms with E-state index >= 15 is 0 Å². The number of Topliss-reactive ketones (excluding diaryl/α,β-unsaturated/α-hetero) is 1. The van der Waals surface area contributed by atoms with E-state index in [9.17, 15) is 14.4 Å². The summed E-state index contributed by atoms with van der Waals surface area (Å²) < 4.78 is 2.07. The summed E-state index contributed by atoms with van der Waals surface area (Å²) in [5.74, 6) is -1.52. The van der Waals surface area contributed by atoms with Gasteiger partial charge in [-0.2, -0.15) is 0 Å². The summed E-state index contributed by atoms with van der Waals surface area (Å²) in [6.07, 6.45) is 6.08. The number of carbonyl (C=O) groups excluding carboxylic acids is 3. The maximum absolute atomic E-state index is 12.6. The highest BCUT2D eigenvalue weighted by Gasteiger charge is 2.23. The molecule has 0 spiro atoms. The molecule has 0 atom stereocenters. The molecule has 138 valence electrons. The van der Waals surface area contributed by atoms with Crippen LogP contribution in [-0.4, -0.2) is 33.9 Å². The van der Waals surface area contributed by atoms with Gasteiger partial charge in [0.2, 0.25) is 5.91 Å². The lowest BCUT2D eigenvalue weighted by Gasteiger charge is -2.14. The zero-order chi connectivity index (χ0) is 18.5. The molecule has 1 aliphatic heterocycles. The number of benzene rings is 1. The van der Waals surface area contributed by atoms with E-state index in [1.165, 1.54) is 5.56 Å². The van der Waals surface area contributed by atoms with Crippen LogP contribution in [0.4, 0.5) is 0 Å². The Balaban J connectivity index is 1.56. The predicted molar refractivity (Wildman–Crippen MR) is 96.0 cm³/mol. The number of para-hydroxylation sites is 1. The molecule has 2 aromatic rings. The van der Waals surface area contributed by atoms with Gasteiger partial charge in [-0.15, -0.1) is 0 Å². The topological polar surface area (TPSA) is 100 Å². The Morgan fingerprint density at radius 1 is 1.15 bits per heavy atom. The molecule has 7 heteroatoms. The van der Waals surface area contributed by atoms with Gasteiger partial charge in [-0.1, -0.05) is 24.6 Å². The molecule has 0 radical (unpaired) electrons. The largest absolute Gasteiger partial charge is 0.349 e. The number of ketones is 1. The molecular formula is C19H23N3O4. The fourth-order valence-corrected chi connectivity index (χ4v) is 3.48. The molecule has 3 N–H and O–H groups in total. The van der Waals surface area contributed by atoms with E-state index in [2.05, 4.69) is 16.0 Å². The summed E-state index contributed by atoms with van der Waals surface area (Å²) in [5.41, 5.74) is 4.33. The number of carbonyl (C=O) groups is 3. The molecular weight excluding hydrogens is 334 g/mol. The number of nitrogens with zero attached hydrogens (tertiary/aromatic N) is 1. The lowest BCUT2D eigenvalue weighted by molar-refractivity contribution is -0.129. The molecule has 1 aromatic carbocycles. The average Bonchev–Trinajstić information content (AvgIpc) is 3.04. The summed E-state index contributed by atoms with van der Waals surface area (Å²) in [7, 11) is 0. The van der Waals surface area contributed by atoms with Crippen molar-refractivity contribution in [2.24, 2.45) is 0 Å². The van der Waals surface area contributed by atoms with Crippen molar-refractivity contribution in [1.82, 2.24) is 15.4 Å². The Bertz CT molecular complexity index is 841. The number of aromatic nitrogens is 1. The Morgan fingerprint density at radius 2 is 2.00 bits per heavy atom. The highest BCUT2D eigenvalue weighted by Crippen LogP contribution is 2.29. The average molecular weight is 357 g/mol. The minimum Gasteiger partial charge on any atom is -0.349 e. The highest BCUT2D eigenvalue weighted by atomic mass is 16.5. The summed E-state index contributed by atoms with van der Waals surface area (Å²) in [6.45, 7) is 1.25. The van der Waals surface area contributed by atoms with Gasteiger partial charge in [-0.25, -0.2) is 5.48 Å². The number of amides is 2. The molecule has 2 amide bonds. The van der Waals surface area contributed by atoms with Crippen LogP contribution in [0.3, 0.4) is 0 Å². The number of unbranched alkanes of at least 4 members (excludes halogenated alkanes) is 2. The van der Waals surface area contributed by atoms with Crippen LogP contribution in [0.2, 0.25) is 0 Å². The molecule has 2 heterocycles. The summed E-state index contributed by atoms with van der Waals surface area (Å²) in [5, 5.41) is 11.9. The van der Waals surface area contributed by atoms with Crippen LogP contribution in [0, 0.1) is 0 Å². The lowest BCUT2D eigenvalue weighted by atomic mass is 10.0. The van der Waals surface area contributed by atoms with Crippen molar-refractivity contribution in [3.63, 3.8) is 0 Å². The number of nitrogens with one attached hydrogen (secondary N) is 2. The highest BCUT2D eigenvalue weighted by molar-refractivity contribution is 6.45. The molecule has 3 rings (SSSR count). The van der Waals surface area contributed by atoms with Gasteiger partial charge in [-0.3, -0.25) is 19.6 Å². The zero-order valence-electron chi connectivity index (χ0n) is 14.6. The van der Waals surface area contributed by atoms with Crippen molar-refractivity contribution >= 4 is 28.5 Å². The predicted octanol–water partition coefficient (Wildman–Crippen LogP) is 1.95. The monoisotopic (exact) mass is 357 g/mol. The third-order valence-corrected chi connectivity index (χ3v) is 4.77. The third kappa shape index (κ3) is 3.77. The van der Waals surface area contributed by atoms with E-state index in [4.69, 9.17) is 5.21 Å². The van der Waals surface area contributed by atoms with Gasteiger partial charge in [0.1, 0.15) is 0 Å².